The van der Waals surface area contributed by atoms with Crippen molar-refractivity contribution in [3.8, 4) is 0 Å². The number of hydrogen-bond donors (Lipinski definition) is 1. The Balaban J connectivity index is 0.00000156. The molecule has 0 bridgehead atoms. The lowest BCUT2D eigenvalue weighted by Gasteiger charge is -2.36. The van der Waals surface area contributed by atoms with Crippen LogP contribution in [0.1, 0.15) is 15.9 Å². The van der Waals surface area contributed by atoms with Crippen LogP contribution in [-0.4, -0.2) is 37.0 Å². The third kappa shape index (κ3) is 5.03. The minimum atomic E-state index is 0. The Hall–Kier alpha value is -1.43. The van der Waals surface area contributed by atoms with Crippen LogP contribution in [0.15, 0.2) is 46.9 Å². The molecule has 0 unspecified atom stereocenters. The van der Waals surface area contributed by atoms with E-state index in [9.17, 15) is 4.79 Å². The van der Waals surface area contributed by atoms with Crippen molar-refractivity contribution in [1.82, 2.24) is 4.90 Å². The SMILES string of the molecule is Cc1cccc(N2CCN(C(=O)c3ccc(Br)cc3N)CC2)c1.Cl.Cl. The summed E-state index contributed by atoms with van der Waals surface area (Å²) in [5.41, 5.74) is 9.55. The summed E-state index contributed by atoms with van der Waals surface area (Å²) in [4.78, 5) is 16.8. The molecule has 1 fully saturated rings. The third-order valence-corrected chi connectivity index (χ3v) is 4.67. The van der Waals surface area contributed by atoms with Gasteiger partial charge in [0.05, 0.1) is 5.56 Å². The minimum absolute atomic E-state index is 0. The summed E-state index contributed by atoms with van der Waals surface area (Å²) < 4.78 is 0.885. The second-order valence-electron chi connectivity index (χ2n) is 5.85. The van der Waals surface area contributed by atoms with Gasteiger partial charge < -0.3 is 15.5 Å². The Morgan fingerprint density at radius 1 is 1.04 bits per heavy atom. The lowest BCUT2D eigenvalue weighted by atomic mass is 10.1. The molecule has 2 aromatic rings. The molecule has 1 amide bonds. The van der Waals surface area contributed by atoms with Crippen molar-refractivity contribution in [3.05, 3.63) is 58.1 Å². The smallest absolute Gasteiger partial charge is 0.256 e. The Morgan fingerprint density at radius 2 is 1.72 bits per heavy atom. The number of carbonyl (C=O) groups is 1. The number of nitrogens with zero attached hydrogens (tertiary/aromatic N) is 2. The summed E-state index contributed by atoms with van der Waals surface area (Å²) in [6.07, 6.45) is 0. The number of rotatable bonds is 2. The Labute approximate surface area is 169 Å². The number of halogens is 3. The van der Waals surface area contributed by atoms with Gasteiger partial charge in [0, 0.05) is 42.0 Å². The molecule has 0 atom stereocenters. The minimum Gasteiger partial charge on any atom is -0.398 e. The maximum absolute atomic E-state index is 12.6. The van der Waals surface area contributed by atoms with Gasteiger partial charge in [0.2, 0.25) is 0 Å². The predicted molar refractivity (Wildman–Crippen MR) is 112 cm³/mol. The van der Waals surface area contributed by atoms with Crippen molar-refractivity contribution >= 4 is 58.0 Å². The van der Waals surface area contributed by atoms with E-state index in [2.05, 4.69) is 52.0 Å². The van der Waals surface area contributed by atoms with Crippen LogP contribution in [0.2, 0.25) is 0 Å². The molecule has 0 spiro atoms. The van der Waals surface area contributed by atoms with E-state index in [1.165, 1.54) is 11.3 Å². The number of hydrogen-bond acceptors (Lipinski definition) is 3. The van der Waals surface area contributed by atoms with Crippen molar-refractivity contribution in [2.75, 3.05) is 36.8 Å². The Bertz CT molecular complexity index is 734. The number of amides is 1. The summed E-state index contributed by atoms with van der Waals surface area (Å²) in [6, 6.07) is 13.9. The molecule has 7 heteroatoms. The van der Waals surface area contributed by atoms with Gasteiger partial charge in [-0.15, -0.1) is 24.8 Å². The summed E-state index contributed by atoms with van der Waals surface area (Å²) in [6.45, 7) is 5.20. The first-order chi connectivity index (χ1) is 11.0. The van der Waals surface area contributed by atoms with Crippen LogP contribution >= 0.6 is 40.7 Å². The highest BCUT2D eigenvalue weighted by Crippen LogP contribution is 2.22. The van der Waals surface area contributed by atoms with Gasteiger partial charge in [0.1, 0.15) is 0 Å². The average molecular weight is 447 g/mol. The van der Waals surface area contributed by atoms with Crippen molar-refractivity contribution < 1.29 is 4.79 Å². The topological polar surface area (TPSA) is 49.6 Å². The Morgan fingerprint density at radius 3 is 2.32 bits per heavy atom. The summed E-state index contributed by atoms with van der Waals surface area (Å²) >= 11 is 3.37. The van der Waals surface area contributed by atoms with Crippen LogP contribution in [0.4, 0.5) is 11.4 Å². The zero-order valence-corrected chi connectivity index (χ0v) is 17.2. The van der Waals surface area contributed by atoms with Gasteiger partial charge in [-0.3, -0.25) is 4.79 Å². The molecule has 1 aliphatic rings. The fourth-order valence-corrected chi connectivity index (χ4v) is 3.27. The fourth-order valence-electron chi connectivity index (χ4n) is 2.89. The normalized spacial score (nSPS) is 13.7. The Kier molecular flexibility index (Phi) is 8.06. The number of nitrogen functional groups attached to an aromatic ring is 1. The molecule has 4 nitrogen and oxygen atoms in total. The molecule has 0 aromatic heterocycles. The lowest BCUT2D eigenvalue weighted by Crippen LogP contribution is -2.48. The molecule has 2 N–H and O–H groups in total. The third-order valence-electron chi connectivity index (χ3n) is 4.18. The average Bonchev–Trinajstić information content (AvgIpc) is 2.54. The second kappa shape index (κ2) is 9.32. The lowest BCUT2D eigenvalue weighted by molar-refractivity contribution is 0.0748. The molecule has 1 heterocycles. The summed E-state index contributed by atoms with van der Waals surface area (Å²) in [5.74, 6) is 0.0129. The van der Waals surface area contributed by atoms with Gasteiger partial charge >= 0.3 is 0 Å². The van der Waals surface area contributed by atoms with Gasteiger partial charge in [0.15, 0.2) is 0 Å². The van der Waals surface area contributed by atoms with Crippen molar-refractivity contribution in [2.24, 2.45) is 0 Å². The van der Waals surface area contributed by atoms with E-state index in [0.29, 0.717) is 24.3 Å². The molecule has 2 aromatic carbocycles. The van der Waals surface area contributed by atoms with Crippen LogP contribution in [0.5, 0.6) is 0 Å². The van der Waals surface area contributed by atoms with Crippen LogP contribution < -0.4 is 10.6 Å². The molecular formula is C18H22BrCl2N3O. The number of anilines is 2. The first-order valence-corrected chi connectivity index (χ1v) is 8.50. The molecule has 3 rings (SSSR count). The highest BCUT2D eigenvalue weighted by atomic mass is 79.9. The van der Waals surface area contributed by atoms with Crippen molar-refractivity contribution in [2.45, 2.75) is 6.92 Å². The molecule has 0 aliphatic carbocycles. The maximum atomic E-state index is 12.6. The zero-order valence-electron chi connectivity index (χ0n) is 13.9. The predicted octanol–water partition coefficient (Wildman–Crippen LogP) is 4.15. The number of nitrogens with two attached hydrogens (primary N) is 1. The molecule has 25 heavy (non-hydrogen) atoms. The maximum Gasteiger partial charge on any atom is 0.256 e. The van der Waals surface area contributed by atoms with Crippen molar-refractivity contribution in [3.63, 3.8) is 0 Å². The first-order valence-electron chi connectivity index (χ1n) is 7.70. The number of benzene rings is 2. The zero-order chi connectivity index (χ0) is 16.4. The van der Waals surface area contributed by atoms with Crippen molar-refractivity contribution in [1.29, 1.82) is 0 Å². The van der Waals surface area contributed by atoms with Crippen LogP contribution in [0.3, 0.4) is 0 Å². The quantitative estimate of drug-likeness (QED) is 0.705. The number of aryl methyl sites for hydroxylation is 1. The standard InChI is InChI=1S/C18H20BrN3O.2ClH/c1-13-3-2-4-15(11-13)21-7-9-22(10-8-21)18(23)16-6-5-14(19)12-17(16)20;;/h2-6,11-12H,7-10,20H2,1H3;2*1H. The fraction of sp³-hybridized carbons (Fsp3) is 0.278. The number of carbonyl (C=O) groups excluding carboxylic acids is 1. The molecule has 0 radical (unpaired) electrons. The monoisotopic (exact) mass is 445 g/mol. The van der Waals surface area contributed by atoms with E-state index in [1.54, 1.807) is 12.1 Å². The summed E-state index contributed by atoms with van der Waals surface area (Å²) in [7, 11) is 0. The van der Waals surface area contributed by atoms with E-state index >= 15 is 0 Å². The largest absolute Gasteiger partial charge is 0.398 e. The highest BCUT2D eigenvalue weighted by Gasteiger charge is 2.23. The van der Waals surface area contributed by atoms with E-state index in [4.69, 9.17) is 5.73 Å². The van der Waals surface area contributed by atoms with E-state index in [0.717, 1.165) is 17.6 Å². The second-order valence-corrected chi connectivity index (χ2v) is 6.77. The van der Waals surface area contributed by atoms with E-state index in [1.807, 2.05) is 11.0 Å². The molecule has 0 saturated carbocycles. The van der Waals surface area contributed by atoms with E-state index < -0.39 is 0 Å². The van der Waals surface area contributed by atoms with Crippen LogP contribution in [-0.2, 0) is 0 Å². The highest BCUT2D eigenvalue weighted by molar-refractivity contribution is 9.10. The molecule has 1 aliphatic heterocycles. The molecule has 136 valence electrons. The number of piperazine rings is 1. The molecule has 1 saturated heterocycles. The molecular weight excluding hydrogens is 425 g/mol. The van der Waals surface area contributed by atoms with Gasteiger partial charge in [-0.05, 0) is 42.8 Å². The van der Waals surface area contributed by atoms with Gasteiger partial charge in [0.25, 0.3) is 5.91 Å². The van der Waals surface area contributed by atoms with Gasteiger partial charge in [-0.25, -0.2) is 0 Å². The summed E-state index contributed by atoms with van der Waals surface area (Å²) in [5, 5.41) is 0. The van der Waals surface area contributed by atoms with E-state index in [-0.39, 0.29) is 30.7 Å². The first kappa shape index (κ1) is 21.6. The van der Waals surface area contributed by atoms with Crippen LogP contribution in [0.25, 0.3) is 0 Å². The van der Waals surface area contributed by atoms with Crippen LogP contribution in [0, 0.1) is 6.92 Å². The van der Waals surface area contributed by atoms with Gasteiger partial charge in [-0.1, -0.05) is 28.1 Å². The van der Waals surface area contributed by atoms with Gasteiger partial charge in [-0.2, -0.15) is 0 Å².